The molecule has 2 aliphatic heterocycles. The maximum Gasteiger partial charge on any atom is 0.175 e. The summed E-state index contributed by atoms with van der Waals surface area (Å²) in [6.45, 7) is 2.35. The standard InChI is InChI=1S/C17H23NO3/c19-11-14-8-12-2-1-3-13-9-17(20-6-7-21-17)5-4-15(13)16(12)10-18-14/h3-4,11-12,14,16,18H,1-2,5-10H2. The molecule has 0 bridgehead atoms. The largest absolute Gasteiger partial charge is 0.347 e. The summed E-state index contributed by atoms with van der Waals surface area (Å²) in [5, 5.41) is 3.39. The van der Waals surface area contributed by atoms with Crippen LogP contribution in [0.2, 0.25) is 0 Å². The molecule has 0 aromatic carbocycles. The fourth-order valence-electron chi connectivity index (χ4n) is 4.43. The maximum atomic E-state index is 11.0. The molecule has 0 aromatic heterocycles. The number of carbonyl (C=O) groups is 1. The van der Waals surface area contributed by atoms with Gasteiger partial charge in [-0.15, -0.1) is 0 Å². The molecule has 3 atom stereocenters. The lowest BCUT2D eigenvalue weighted by molar-refractivity contribution is -0.154. The first kappa shape index (κ1) is 13.7. The highest BCUT2D eigenvalue weighted by atomic mass is 16.7. The van der Waals surface area contributed by atoms with Crippen LogP contribution in [0.4, 0.5) is 0 Å². The van der Waals surface area contributed by atoms with E-state index < -0.39 is 0 Å². The van der Waals surface area contributed by atoms with Crippen LogP contribution < -0.4 is 5.32 Å². The number of fused-ring (bicyclic) bond motifs is 3. The first-order valence-electron chi connectivity index (χ1n) is 8.16. The molecule has 1 spiro atoms. The summed E-state index contributed by atoms with van der Waals surface area (Å²) in [5.41, 5.74) is 2.90. The minimum atomic E-state index is -0.386. The Bertz CT molecular complexity index is 490. The molecule has 0 radical (unpaired) electrons. The molecule has 2 aliphatic carbocycles. The van der Waals surface area contributed by atoms with Crippen LogP contribution in [0, 0.1) is 11.8 Å². The van der Waals surface area contributed by atoms with Gasteiger partial charge in [-0.25, -0.2) is 0 Å². The van der Waals surface area contributed by atoms with Crippen molar-refractivity contribution in [3.63, 3.8) is 0 Å². The lowest BCUT2D eigenvalue weighted by Gasteiger charge is -2.39. The summed E-state index contributed by atoms with van der Waals surface area (Å²) in [5.74, 6) is 0.789. The highest BCUT2D eigenvalue weighted by Gasteiger charge is 2.43. The molecule has 4 heteroatoms. The summed E-state index contributed by atoms with van der Waals surface area (Å²) in [6, 6.07) is 0.0461. The predicted molar refractivity (Wildman–Crippen MR) is 78.7 cm³/mol. The summed E-state index contributed by atoms with van der Waals surface area (Å²) in [6.07, 6.45) is 10.8. The molecular weight excluding hydrogens is 266 g/mol. The summed E-state index contributed by atoms with van der Waals surface area (Å²) >= 11 is 0. The van der Waals surface area contributed by atoms with Crippen LogP contribution in [-0.2, 0) is 14.3 Å². The minimum absolute atomic E-state index is 0.0461. The van der Waals surface area contributed by atoms with Crippen molar-refractivity contribution in [3.8, 4) is 0 Å². The Balaban J connectivity index is 1.59. The van der Waals surface area contributed by atoms with E-state index in [4.69, 9.17) is 9.47 Å². The molecule has 4 nitrogen and oxygen atoms in total. The molecular formula is C17H23NO3. The minimum Gasteiger partial charge on any atom is -0.347 e. The molecule has 0 aromatic rings. The molecule has 4 aliphatic rings. The zero-order chi connectivity index (χ0) is 14.3. The first-order chi connectivity index (χ1) is 10.3. The monoisotopic (exact) mass is 289 g/mol. The molecule has 2 fully saturated rings. The number of hydrogen-bond acceptors (Lipinski definition) is 4. The molecule has 0 amide bonds. The Morgan fingerprint density at radius 2 is 2.14 bits per heavy atom. The number of allylic oxidation sites excluding steroid dienone is 1. The molecule has 3 unspecified atom stereocenters. The second-order valence-corrected chi connectivity index (χ2v) is 6.71. The Kier molecular flexibility index (Phi) is 3.48. The van der Waals surface area contributed by atoms with Gasteiger partial charge in [-0.1, -0.05) is 12.2 Å². The van der Waals surface area contributed by atoms with E-state index in [9.17, 15) is 4.79 Å². The van der Waals surface area contributed by atoms with Crippen molar-refractivity contribution in [2.75, 3.05) is 19.8 Å². The molecule has 2 heterocycles. The Morgan fingerprint density at radius 1 is 1.29 bits per heavy atom. The van der Waals surface area contributed by atoms with Gasteiger partial charge in [0.25, 0.3) is 0 Å². The SMILES string of the molecule is O=CC1CC2CCC=C3CC4(CC=C3C2CN1)OCCO4. The summed E-state index contributed by atoms with van der Waals surface area (Å²) in [7, 11) is 0. The summed E-state index contributed by atoms with van der Waals surface area (Å²) < 4.78 is 11.7. The fraction of sp³-hybridized carbons (Fsp3) is 0.706. The van der Waals surface area contributed by atoms with Gasteiger partial charge in [0.05, 0.1) is 19.3 Å². The predicted octanol–water partition coefficient (Wildman–Crippen LogP) is 1.96. The third kappa shape index (κ3) is 2.39. The van der Waals surface area contributed by atoms with Gasteiger partial charge in [0.15, 0.2) is 5.79 Å². The van der Waals surface area contributed by atoms with Crippen LogP contribution >= 0.6 is 0 Å². The van der Waals surface area contributed by atoms with Gasteiger partial charge in [-0.2, -0.15) is 0 Å². The normalized spacial score (nSPS) is 38.0. The smallest absolute Gasteiger partial charge is 0.175 e. The van der Waals surface area contributed by atoms with Crippen LogP contribution in [0.5, 0.6) is 0 Å². The molecule has 21 heavy (non-hydrogen) atoms. The second kappa shape index (κ2) is 5.34. The number of ether oxygens (including phenoxy) is 2. The van der Waals surface area contributed by atoms with Crippen LogP contribution in [0.15, 0.2) is 23.3 Å². The van der Waals surface area contributed by atoms with Crippen molar-refractivity contribution < 1.29 is 14.3 Å². The van der Waals surface area contributed by atoms with Crippen LogP contribution in [0.1, 0.15) is 32.1 Å². The molecule has 114 valence electrons. The second-order valence-electron chi connectivity index (χ2n) is 6.71. The molecule has 2 saturated heterocycles. The van der Waals surface area contributed by atoms with E-state index in [-0.39, 0.29) is 11.8 Å². The molecule has 4 rings (SSSR count). The number of rotatable bonds is 1. The van der Waals surface area contributed by atoms with Crippen LogP contribution in [0.3, 0.4) is 0 Å². The Hall–Kier alpha value is -0.970. The van der Waals surface area contributed by atoms with Crippen molar-refractivity contribution >= 4 is 6.29 Å². The van der Waals surface area contributed by atoms with Crippen molar-refractivity contribution in [2.45, 2.75) is 43.9 Å². The zero-order valence-electron chi connectivity index (χ0n) is 12.3. The molecule has 0 saturated carbocycles. The van der Waals surface area contributed by atoms with Gasteiger partial charge in [-0.3, -0.25) is 0 Å². The van der Waals surface area contributed by atoms with Crippen LogP contribution in [0.25, 0.3) is 0 Å². The van der Waals surface area contributed by atoms with E-state index in [1.54, 1.807) is 0 Å². The third-order valence-electron chi connectivity index (χ3n) is 5.49. The van der Waals surface area contributed by atoms with Crippen molar-refractivity contribution in [2.24, 2.45) is 11.8 Å². The first-order valence-corrected chi connectivity index (χ1v) is 8.16. The van der Waals surface area contributed by atoms with Gasteiger partial charge in [-0.05, 0) is 42.2 Å². The van der Waals surface area contributed by atoms with E-state index in [1.807, 2.05) is 0 Å². The van der Waals surface area contributed by atoms with E-state index in [0.29, 0.717) is 25.0 Å². The number of carbonyl (C=O) groups excluding carboxylic acids is 1. The highest BCUT2D eigenvalue weighted by Crippen LogP contribution is 2.45. The lowest BCUT2D eigenvalue weighted by atomic mass is 9.73. The van der Waals surface area contributed by atoms with E-state index in [0.717, 1.165) is 38.5 Å². The van der Waals surface area contributed by atoms with Crippen molar-refractivity contribution in [1.29, 1.82) is 0 Å². The van der Waals surface area contributed by atoms with Gasteiger partial charge < -0.3 is 19.6 Å². The number of piperidine rings is 1. The van der Waals surface area contributed by atoms with Crippen molar-refractivity contribution in [1.82, 2.24) is 5.32 Å². The van der Waals surface area contributed by atoms with Crippen molar-refractivity contribution in [3.05, 3.63) is 23.3 Å². The maximum absolute atomic E-state index is 11.0. The van der Waals surface area contributed by atoms with Gasteiger partial charge >= 0.3 is 0 Å². The van der Waals surface area contributed by atoms with E-state index in [1.165, 1.54) is 17.6 Å². The Labute approximate surface area is 125 Å². The Morgan fingerprint density at radius 3 is 2.95 bits per heavy atom. The third-order valence-corrected chi connectivity index (χ3v) is 5.49. The van der Waals surface area contributed by atoms with E-state index >= 15 is 0 Å². The van der Waals surface area contributed by atoms with Gasteiger partial charge in [0.2, 0.25) is 0 Å². The van der Waals surface area contributed by atoms with E-state index in [2.05, 4.69) is 17.5 Å². The quantitative estimate of drug-likeness (QED) is 0.750. The van der Waals surface area contributed by atoms with Crippen LogP contribution in [-0.4, -0.2) is 37.9 Å². The number of nitrogens with one attached hydrogen (secondary N) is 1. The fourth-order valence-corrected chi connectivity index (χ4v) is 4.43. The van der Waals surface area contributed by atoms with Gasteiger partial charge in [0, 0.05) is 19.4 Å². The molecule has 1 N–H and O–H groups in total. The highest BCUT2D eigenvalue weighted by molar-refractivity contribution is 5.58. The zero-order valence-corrected chi connectivity index (χ0v) is 12.3. The average Bonchev–Trinajstić information content (AvgIpc) is 2.88. The lowest BCUT2D eigenvalue weighted by Crippen LogP contribution is -2.46. The number of hydrogen-bond donors (Lipinski definition) is 1. The van der Waals surface area contributed by atoms with Gasteiger partial charge in [0.1, 0.15) is 6.29 Å². The topological polar surface area (TPSA) is 47.6 Å². The number of aldehydes is 1. The summed E-state index contributed by atoms with van der Waals surface area (Å²) in [4.78, 5) is 11.0. The average molecular weight is 289 g/mol.